The van der Waals surface area contributed by atoms with Crippen molar-refractivity contribution in [3.8, 4) is 5.75 Å². The van der Waals surface area contributed by atoms with E-state index in [0.717, 1.165) is 11.5 Å². The van der Waals surface area contributed by atoms with E-state index in [-0.39, 0.29) is 42.1 Å². The molecule has 3 atom stereocenters. The van der Waals surface area contributed by atoms with E-state index >= 15 is 0 Å². The summed E-state index contributed by atoms with van der Waals surface area (Å²) >= 11 is 0.901. The highest BCUT2D eigenvalue weighted by Gasteiger charge is 2.46. The standard InChI is InChI=1S/C24H24F4N4O3S2/c1-14-10-15(2-5-19(14)25)21-11-16(24(26,27)28)6-8-32(21)20-7-9-35-22-12-17(3-4-18(20)22)37(33,34)31-23-29-13-30-36-23/h2-5,10,12-13,16,20-21H,6-9,11H2,1H3,(H,29,30,31)/t16-,20?,21+/m1/s1. The van der Waals surface area contributed by atoms with Gasteiger partial charge in [-0.1, -0.05) is 18.2 Å². The molecule has 2 aliphatic rings. The predicted molar refractivity (Wildman–Crippen MR) is 129 cm³/mol. The summed E-state index contributed by atoms with van der Waals surface area (Å²) in [5.74, 6) is -1.51. The zero-order valence-electron chi connectivity index (χ0n) is 19.7. The third kappa shape index (κ3) is 5.30. The number of fused-ring (bicyclic) bond motifs is 1. The van der Waals surface area contributed by atoms with Gasteiger partial charge < -0.3 is 4.74 Å². The van der Waals surface area contributed by atoms with Crippen molar-refractivity contribution in [2.75, 3.05) is 17.9 Å². The number of aryl methyl sites for hydroxylation is 1. The second kappa shape index (κ2) is 9.84. The van der Waals surface area contributed by atoms with Gasteiger partial charge in [-0.05, 0) is 49.6 Å². The van der Waals surface area contributed by atoms with Crippen LogP contribution in [0.2, 0.25) is 0 Å². The van der Waals surface area contributed by atoms with Gasteiger partial charge in [-0.15, -0.1) is 0 Å². The van der Waals surface area contributed by atoms with Gasteiger partial charge in [0.25, 0.3) is 10.0 Å². The summed E-state index contributed by atoms with van der Waals surface area (Å²) in [7, 11) is -3.94. The monoisotopic (exact) mass is 556 g/mol. The van der Waals surface area contributed by atoms with Crippen molar-refractivity contribution < 1.29 is 30.7 Å². The van der Waals surface area contributed by atoms with E-state index in [2.05, 4.69) is 14.1 Å². The molecular formula is C24H24F4N4O3S2. The Balaban J connectivity index is 1.48. The largest absolute Gasteiger partial charge is 0.493 e. The molecule has 0 spiro atoms. The molecule has 0 radical (unpaired) electrons. The van der Waals surface area contributed by atoms with E-state index in [9.17, 15) is 26.0 Å². The number of hydrogen-bond acceptors (Lipinski definition) is 7. The number of likely N-dealkylation sites (tertiary alicyclic amines) is 1. The zero-order valence-corrected chi connectivity index (χ0v) is 21.3. The van der Waals surface area contributed by atoms with Gasteiger partial charge in [-0.25, -0.2) is 17.8 Å². The van der Waals surface area contributed by atoms with Crippen molar-refractivity contribution in [3.63, 3.8) is 0 Å². The van der Waals surface area contributed by atoms with E-state index < -0.39 is 34.0 Å². The quantitative estimate of drug-likeness (QED) is 0.411. The summed E-state index contributed by atoms with van der Waals surface area (Å²) in [6.07, 6.45) is -2.75. The Hall–Kier alpha value is -2.77. The molecule has 2 aromatic carbocycles. The average Bonchev–Trinajstić information content (AvgIpc) is 3.36. The van der Waals surface area contributed by atoms with Gasteiger partial charge >= 0.3 is 6.18 Å². The summed E-state index contributed by atoms with van der Waals surface area (Å²) in [5.41, 5.74) is 1.70. The molecule has 3 heterocycles. The smallest absolute Gasteiger partial charge is 0.391 e. The Morgan fingerprint density at radius 3 is 2.65 bits per heavy atom. The molecule has 0 bridgehead atoms. The molecule has 198 valence electrons. The molecule has 3 aromatic rings. The van der Waals surface area contributed by atoms with Crippen LogP contribution in [0.15, 0.2) is 47.6 Å². The van der Waals surface area contributed by atoms with E-state index in [4.69, 9.17) is 4.74 Å². The number of nitrogens with one attached hydrogen (secondary N) is 1. The van der Waals surface area contributed by atoms with Crippen LogP contribution in [0.4, 0.5) is 22.7 Å². The topological polar surface area (TPSA) is 84.4 Å². The highest BCUT2D eigenvalue weighted by atomic mass is 32.2. The lowest BCUT2D eigenvalue weighted by Gasteiger charge is -2.46. The molecule has 5 rings (SSSR count). The van der Waals surface area contributed by atoms with Crippen LogP contribution in [0.5, 0.6) is 5.75 Å². The Morgan fingerprint density at radius 2 is 1.95 bits per heavy atom. The highest BCUT2D eigenvalue weighted by molar-refractivity contribution is 7.93. The fraction of sp³-hybridized carbons (Fsp3) is 0.417. The lowest BCUT2D eigenvalue weighted by Crippen LogP contribution is -2.44. The van der Waals surface area contributed by atoms with Gasteiger partial charge in [0.05, 0.1) is 17.4 Å². The minimum absolute atomic E-state index is 0.0245. The molecule has 37 heavy (non-hydrogen) atoms. The molecule has 1 aromatic heterocycles. The summed E-state index contributed by atoms with van der Waals surface area (Å²) in [6, 6.07) is 8.10. The lowest BCUT2D eigenvalue weighted by atomic mass is 9.83. The van der Waals surface area contributed by atoms with Crippen LogP contribution in [0, 0.1) is 18.7 Å². The Labute approximate surface area is 215 Å². The molecule has 1 saturated heterocycles. The van der Waals surface area contributed by atoms with Crippen LogP contribution in [-0.2, 0) is 10.0 Å². The maximum absolute atomic E-state index is 14.0. The van der Waals surface area contributed by atoms with Gasteiger partial charge in [-0.2, -0.15) is 17.5 Å². The third-order valence-electron chi connectivity index (χ3n) is 6.96. The summed E-state index contributed by atoms with van der Waals surface area (Å²) in [6.45, 7) is 2.06. The number of benzene rings is 2. The van der Waals surface area contributed by atoms with Crippen LogP contribution >= 0.6 is 11.5 Å². The number of sulfonamides is 1. The first-order valence-electron chi connectivity index (χ1n) is 11.7. The Bertz CT molecular complexity index is 1380. The van der Waals surface area contributed by atoms with Crippen LogP contribution in [0.1, 0.15) is 48.0 Å². The second-order valence-corrected chi connectivity index (χ2v) is 11.7. The van der Waals surface area contributed by atoms with Crippen LogP contribution in [-0.4, -0.2) is 42.0 Å². The SMILES string of the molecule is Cc1cc([C@@H]2C[C@H](C(F)(F)F)CCN2C2CCOc3cc(S(=O)(=O)Nc4ncns4)ccc32)ccc1F. The molecule has 0 saturated carbocycles. The minimum Gasteiger partial charge on any atom is -0.493 e. The zero-order chi connectivity index (χ0) is 26.4. The van der Waals surface area contributed by atoms with Gasteiger partial charge in [0.15, 0.2) is 0 Å². The second-order valence-electron chi connectivity index (χ2n) is 9.23. The summed E-state index contributed by atoms with van der Waals surface area (Å²) < 4.78 is 92.7. The highest BCUT2D eigenvalue weighted by Crippen LogP contribution is 2.48. The molecule has 13 heteroatoms. The van der Waals surface area contributed by atoms with Gasteiger partial charge in [0.2, 0.25) is 5.13 Å². The maximum atomic E-state index is 14.0. The first-order valence-corrected chi connectivity index (χ1v) is 13.9. The maximum Gasteiger partial charge on any atom is 0.391 e. The van der Waals surface area contributed by atoms with Gasteiger partial charge in [0.1, 0.15) is 17.9 Å². The molecule has 1 N–H and O–H groups in total. The fourth-order valence-corrected chi connectivity index (χ4v) is 6.79. The van der Waals surface area contributed by atoms with Gasteiger partial charge in [-0.3, -0.25) is 9.62 Å². The minimum atomic E-state index is -4.32. The Morgan fingerprint density at radius 1 is 1.14 bits per heavy atom. The van der Waals surface area contributed by atoms with Gasteiger partial charge in [0, 0.05) is 41.7 Å². The van der Waals surface area contributed by atoms with Crippen molar-refractivity contribution in [1.82, 2.24) is 14.3 Å². The average molecular weight is 557 g/mol. The molecule has 1 fully saturated rings. The number of halogens is 4. The van der Waals surface area contributed by atoms with E-state index in [1.165, 1.54) is 24.5 Å². The number of nitrogens with zero attached hydrogens (tertiary/aromatic N) is 3. The number of hydrogen-bond donors (Lipinski definition) is 1. The summed E-state index contributed by atoms with van der Waals surface area (Å²) in [5, 5.41) is 0.126. The van der Waals surface area contributed by atoms with Crippen LogP contribution < -0.4 is 9.46 Å². The first kappa shape index (κ1) is 25.9. The molecular weight excluding hydrogens is 532 g/mol. The molecule has 0 amide bonds. The molecule has 7 nitrogen and oxygen atoms in total. The molecule has 0 aliphatic carbocycles. The van der Waals surface area contributed by atoms with E-state index in [1.807, 2.05) is 4.90 Å². The number of piperidine rings is 1. The van der Waals surface area contributed by atoms with Crippen molar-refractivity contribution >= 4 is 26.7 Å². The van der Waals surface area contributed by atoms with E-state index in [1.54, 1.807) is 25.1 Å². The number of alkyl halides is 3. The predicted octanol–water partition coefficient (Wildman–Crippen LogP) is 5.63. The van der Waals surface area contributed by atoms with Crippen molar-refractivity contribution in [2.24, 2.45) is 5.92 Å². The van der Waals surface area contributed by atoms with Crippen LogP contribution in [0.25, 0.3) is 0 Å². The number of ether oxygens (including phenoxy) is 1. The number of aromatic nitrogens is 2. The van der Waals surface area contributed by atoms with Crippen LogP contribution in [0.3, 0.4) is 0 Å². The fourth-order valence-electron chi connectivity index (χ4n) is 5.11. The van der Waals surface area contributed by atoms with Crippen molar-refractivity contribution in [2.45, 2.75) is 49.3 Å². The number of rotatable bonds is 5. The Kier molecular flexibility index (Phi) is 6.88. The third-order valence-corrected chi connectivity index (χ3v) is 9.01. The summed E-state index contributed by atoms with van der Waals surface area (Å²) in [4.78, 5) is 5.83. The normalized spacial score (nSPS) is 22.8. The molecule has 2 aliphatic heterocycles. The molecule has 1 unspecified atom stereocenters. The van der Waals surface area contributed by atoms with Crippen molar-refractivity contribution in [3.05, 3.63) is 65.2 Å². The van der Waals surface area contributed by atoms with Crippen molar-refractivity contribution in [1.29, 1.82) is 0 Å². The lowest BCUT2D eigenvalue weighted by molar-refractivity contribution is -0.192. The first-order chi connectivity index (χ1) is 17.5. The number of anilines is 1. The van der Waals surface area contributed by atoms with E-state index in [0.29, 0.717) is 28.9 Å².